The van der Waals surface area contributed by atoms with E-state index in [2.05, 4.69) is 10.6 Å². The molecule has 0 atom stereocenters. The van der Waals surface area contributed by atoms with Crippen LogP contribution in [0, 0.1) is 0 Å². The first-order chi connectivity index (χ1) is 10.2. The molecule has 4 N–H and O–H groups in total. The number of benzene rings is 2. The van der Waals surface area contributed by atoms with E-state index in [0.29, 0.717) is 0 Å². The maximum absolute atomic E-state index is 12.3. The van der Waals surface area contributed by atoms with E-state index in [1.165, 1.54) is 18.2 Å². The van der Waals surface area contributed by atoms with Gasteiger partial charge in [-0.2, -0.15) is 0 Å². The summed E-state index contributed by atoms with van der Waals surface area (Å²) in [5, 5.41) is 25.6. The summed E-state index contributed by atoms with van der Waals surface area (Å²) >= 11 is 0. The minimum absolute atomic E-state index is 0.107. The summed E-state index contributed by atoms with van der Waals surface area (Å²) in [5.41, 5.74) is 2.87. The van der Waals surface area contributed by atoms with Crippen molar-refractivity contribution in [3.05, 3.63) is 53.1 Å². The molecule has 0 radical (unpaired) electrons. The Labute approximate surface area is 122 Å². The fourth-order valence-electron chi connectivity index (χ4n) is 2.59. The first-order valence-corrected chi connectivity index (χ1v) is 6.80. The lowest BCUT2D eigenvalue weighted by molar-refractivity contribution is 0.102. The number of hydrogen-bond acceptors (Lipinski definition) is 4. The van der Waals surface area contributed by atoms with E-state index >= 15 is 0 Å². The van der Waals surface area contributed by atoms with Crippen LogP contribution in [0.1, 0.15) is 21.5 Å². The molecule has 0 aromatic heterocycles. The van der Waals surface area contributed by atoms with E-state index in [1.54, 1.807) is 0 Å². The molecule has 5 heteroatoms. The monoisotopic (exact) mass is 284 g/mol. The number of phenols is 2. The van der Waals surface area contributed by atoms with Gasteiger partial charge < -0.3 is 20.8 Å². The molecule has 21 heavy (non-hydrogen) atoms. The number of hydrogen-bond donors (Lipinski definition) is 4. The van der Waals surface area contributed by atoms with E-state index in [4.69, 9.17) is 0 Å². The van der Waals surface area contributed by atoms with E-state index in [0.717, 1.165) is 36.3 Å². The molecule has 1 aliphatic heterocycles. The highest BCUT2D eigenvalue weighted by Gasteiger charge is 2.19. The van der Waals surface area contributed by atoms with Crippen LogP contribution in [0.3, 0.4) is 0 Å². The van der Waals surface area contributed by atoms with Crippen LogP contribution >= 0.6 is 0 Å². The average Bonchev–Trinajstić information content (AvgIpc) is 2.47. The molecule has 3 rings (SSSR count). The minimum Gasteiger partial charge on any atom is -0.507 e. The van der Waals surface area contributed by atoms with Crippen molar-refractivity contribution in [2.45, 2.75) is 13.0 Å². The molecule has 2 aromatic carbocycles. The molecule has 1 heterocycles. The molecule has 0 aliphatic carbocycles. The predicted octanol–water partition coefficient (Wildman–Crippen LogP) is 2.00. The SMILES string of the molecule is O=C(Nc1cccc2c1CCNC2)c1c(O)cccc1O. The highest BCUT2D eigenvalue weighted by atomic mass is 16.3. The number of anilines is 1. The van der Waals surface area contributed by atoms with Gasteiger partial charge in [-0.05, 0) is 42.3 Å². The Morgan fingerprint density at radius 1 is 1.10 bits per heavy atom. The maximum atomic E-state index is 12.3. The van der Waals surface area contributed by atoms with Gasteiger partial charge in [0, 0.05) is 12.2 Å². The van der Waals surface area contributed by atoms with Crippen LogP contribution in [-0.2, 0) is 13.0 Å². The zero-order valence-electron chi connectivity index (χ0n) is 11.4. The van der Waals surface area contributed by atoms with Gasteiger partial charge in [-0.15, -0.1) is 0 Å². The van der Waals surface area contributed by atoms with Gasteiger partial charge in [0.05, 0.1) is 0 Å². The molecule has 5 nitrogen and oxygen atoms in total. The summed E-state index contributed by atoms with van der Waals surface area (Å²) < 4.78 is 0. The van der Waals surface area contributed by atoms with Crippen molar-refractivity contribution < 1.29 is 15.0 Å². The van der Waals surface area contributed by atoms with Crippen LogP contribution in [0.2, 0.25) is 0 Å². The van der Waals surface area contributed by atoms with Crippen molar-refractivity contribution in [1.82, 2.24) is 5.32 Å². The molecule has 108 valence electrons. The van der Waals surface area contributed by atoms with Crippen LogP contribution in [0.5, 0.6) is 11.5 Å². The molecule has 0 bridgehead atoms. The number of carbonyl (C=O) groups is 1. The van der Waals surface area contributed by atoms with Crippen LogP contribution in [0.25, 0.3) is 0 Å². The second kappa shape index (κ2) is 5.46. The Morgan fingerprint density at radius 2 is 1.81 bits per heavy atom. The summed E-state index contributed by atoms with van der Waals surface area (Å²) in [6, 6.07) is 9.97. The molecular weight excluding hydrogens is 268 g/mol. The zero-order valence-corrected chi connectivity index (χ0v) is 11.4. The van der Waals surface area contributed by atoms with Gasteiger partial charge in [-0.3, -0.25) is 4.79 Å². The average molecular weight is 284 g/mol. The predicted molar refractivity (Wildman–Crippen MR) is 79.6 cm³/mol. The number of fused-ring (bicyclic) bond motifs is 1. The molecule has 0 unspecified atom stereocenters. The second-order valence-corrected chi connectivity index (χ2v) is 5.00. The highest BCUT2D eigenvalue weighted by Crippen LogP contribution is 2.29. The summed E-state index contributed by atoms with van der Waals surface area (Å²) in [7, 11) is 0. The van der Waals surface area contributed by atoms with Gasteiger partial charge in [0.1, 0.15) is 17.1 Å². The summed E-state index contributed by atoms with van der Waals surface area (Å²) in [5.74, 6) is -0.990. The molecular formula is C16H16N2O3. The maximum Gasteiger partial charge on any atom is 0.263 e. The van der Waals surface area contributed by atoms with Crippen molar-refractivity contribution in [2.24, 2.45) is 0 Å². The molecule has 2 aromatic rings. The van der Waals surface area contributed by atoms with Gasteiger partial charge in [-0.25, -0.2) is 0 Å². The van der Waals surface area contributed by atoms with Gasteiger partial charge in [0.25, 0.3) is 5.91 Å². The minimum atomic E-state index is -0.516. The number of nitrogens with one attached hydrogen (secondary N) is 2. The van der Waals surface area contributed by atoms with Crippen LogP contribution in [0.15, 0.2) is 36.4 Å². The first kappa shape index (κ1) is 13.5. The fourth-order valence-corrected chi connectivity index (χ4v) is 2.59. The lowest BCUT2D eigenvalue weighted by Gasteiger charge is -2.20. The number of carbonyl (C=O) groups excluding carboxylic acids is 1. The lowest BCUT2D eigenvalue weighted by Crippen LogP contribution is -2.25. The van der Waals surface area contributed by atoms with E-state index < -0.39 is 5.91 Å². The topological polar surface area (TPSA) is 81.6 Å². The molecule has 0 fully saturated rings. The van der Waals surface area contributed by atoms with Gasteiger partial charge >= 0.3 is 0 Å². The summed E-state index contributed by atoms with van der Waals surface area (Å²) in [4.78, 5) is 12.3. The lowest BCUT2D eigenvalue weighted by atomic mass is 9.99. The standard InChI is InChI=1S/C16H16N2O3/c19-13-5-2-6-14(20)15(13)16(21)18-12-4-1-3-10-9-17-8-7-11(10)12/h1-6,17,19-20H,7-9H2,(H,18,21). The Balaban J connectivity index is 1.92. The second-order valence-electron chi connectivity index (χ2n) is 5.00. The fraction of sp³-hybridized carbons (Fsp3) is 0.188. The molecule has 0 saturated heterocycles. The van der Waals surface area contributed by atoms with Crippen molar-refractivity contribution >= 4 is 11.6 Å². The van der Waals surface area contributed by atoms with E-state index in [9.17, 15) is 15.0 Å². The first-order valence-electron chi connectivity index (χ1n) is 6.80. The van der Waals surface area contributed by atoms with Gasteiger partial charge in [0.15, 0.2) is 0 Å². The highest BCUT2D eigenvalue weighted by molar-refractivity contribution is 6.08. The quantitative estimate of drug-likeness (QED) is 0.680. The Kier molecular flexibility index (Phi) is 3.50. The van der Waals surface area contributed by atoms with Crippen molar-refractivity contribution in [1.29, 1.82) is 0 Å². The molecule has 1 aliphatic rings. The summed E-state index contributed by atoms with van der Waals surface area (Å²) in [6.07, 6.45) is 0.832. The number of amides is 1. The van der Waals surface area contributed by atoms with Crippen molar-refractivity contribution in [3.8, 4) is 11.5 Å². The number of phenolic OH excluding ortho intramolecular Hbond substituents is 2. The third-order valence-corrected chi connectivity index (χ3v) is 3.64. The largest absolute Gasteiger partial charge is 0.507 e. The Morgan fingerprint density at radius 3 is 2.57 bits per heavy atom. The normalized spacial score (nSPS) is 13.5. The van der Waals surface area contributed by atoms with Crippen LogP contribution in [0.4, 0.5) is 5.69 Å². The molecule has 0 spiro atoms. The number of aromatic hydroxyl groups is 2. The van der Waals surface area contributed by atoms with Crippen LogP contribution < -0.4 is 10.6 Å². The van der Waals surface area contributed by atoms with Crippen LogP contribution in [-0.4, -0.2) is 22.7 Å². The zero-order chi connectivity index (χ0) is 14.8. The van der Waals surface area contributed by atoms with Gasteiger partial charge in [0.2, 0.25) is 0 Å². The van der Waals surface area contributed by atoms with E-state index in [-0.39, 0.29) is 17.1 Å². The van der Waals surface area contributed by atoms with E-state index in [1.807, 2.05) is 18.2 Å². The molecule has 0 saturated carbocycles. The molecule has 1 amide bonds. The van der Waals surface area contributed by atoms with Crippen molar-refractivity contribution in [2.75, 3.05) is 11.9 Å². The number of rotatable bonds is 2. The Hall–Kier alpha value is -2.53. The van der Waals surface area contributed by atoms with Crippen molar-refractivity contribution in [3.63, 3.8) is 0 Å². The third-order valence-electron chi connectivity index (χ3n) is 3.64. The smallest absolute Gasteiger partial charge is 0.263 e. The van der Waals surface area contributed by atoms with Gasteiger partial charge in [-0.1, -0.05) is 18.2 Å². The Bertz CT molecular complexity index is 678. The summed E-state index contributed by atoms with van der Waals surface area (Å²) in [6.45, 7) is 1.64. The third kappa shape index (κ3) is 2.55.